The molecular formula is C28H40N2O3. The molecule has 0 radical (unpaired) electrons. The number of carbonyl (C=O) groups is 2. The van der Waals surface area contributed by atoms with Crippen LogP contribution in [0.4, 0.5) is 0 Å². The van der Waals surface area contributed by atoms with E-state index in [0.29, 0.717) is 17.8 Å². The molecule has 180 valence electrons. The van der Waals surface area contributed by atoms with Gasteiger partial charge >= 0.3 is 0 Å². The second-order valence-corrected chi connectivity index (χ2v) is 11.2. The van der Waals surface area contributed by atoms with Gasteiger partial charge < -0.3 is 15.0 Å². The molecule has 3 aliphatic carbocycles. The Morgan fingerprint density at radius 3 is 2.88 bits per heavy atom. The molecule has 1 amide bonds. The second-order valence-electron chi connectivity index (χ2n) is 11.2. The maximum Gasteiger partial charge on any atom is 0.230 e. The summed E-state index contributed by atoms with van der Waals surface area (Å²) >= 11 is 0. The number of nitrogens with zero attached hydrogens (tertiary/aromatic N) is 1. The number of fused-ring (bicyclic) bond motifs is 5. The lowest BCUT2D eigenvalue weighted by Gasteiger charge is -2.48. The predicted molar refractivity (Wildman–Crippen MR) is 129 cm³/mol. The van der Waals surface area contributed by atoms with Gasteiger partial charge in [-0.3, -0.25) is 9.59 Å². The van der Waals surface area contributed by atoms with E-state index >= 15 is 0 Å². The highest BCUT2D eigenvalue weighted by Gasteiger charge is 2.59. The van der Waals surface area contributed by atoms with Crippen molar-refractivity contribution in [3.8, 4) is 5.75 Å². The normalized spacial score (nSPS) is 35.6. The van der Waals surface area contributed by atoms with E-state index in [4.69, 9.17) is 4.74 Å². The van der Waals surface area contributed by atoms with Crippen LogP contribution in [0.2, 0.25) is 0 Å². The Bertz CT molecular complexity index is 914. The van der Waals surface area contributed by atoms with E-state index < -0.39 is 5.92 Å². The highest BCUT2D eigenvalue weighted by atomic mass is 16.5. The van der Waals surface area contributed by atoms with Gasteiger partial charge in [0.25, 0.3) is 0 Å². The van der Waals surface area contributed by atoms with Crippen molar-refractivity contribution in [2.45, 2.75) is 77.2 Å². The van der Waals surface area contributed by atoms with Crippen LogP contribution in [0.25, 0.3) is 0 Å². The first kappa shape index (κ1) is 22.9. The fourth-order valence-electron chi connectivity index (χ4n) is 7.65. The van der Waals surface area contributed by atoms with Crippen molar-refractivity contribution >= 4 is 11.7 Å². The van der Waals surface area contributed by atoms with Gasteiger partial charge in [0, 0.05) is 25.0 Å². The summed E-state index contributed by atoms with van der Waals surface area (Å²) in [4.78, 5) is 28.1. The SMILES string of the molecule is CNC(=O)C1CC2C3CCc4cc(OCCCN5CCCC5C)ccc4C3CCC2(C)C1=O. The molecular weight excluding hydrogens is 412 g/mol. The van der Waals surface area contributed by atoms with E-state index in [1.807, 2.05) is 0 Å². The molecule has 1 aromatic rings. The monoisotopic (exact) mass is 452 g/mol. The Hall–Kier alpha value is -1.88. The maximum absolute atomic E-state index is 13.2. The molecule has 0 spiro atoms. The van der Waals surface area contributed by atoms with Crippen molar-refractivity contribution in [1.29, 1.82) is 0 Å². The van der Waals surface area contributed by atoms with Gasteiger partial charge in [-0.2, -0.15) is 0 Å². The Balaban J connectivity index is 1.23. The minimum absolute atomic E-state index is 0.0932. The van der Waals surface area contributed by atoms with Gasteiger partial charge in [-0.25, -0.2) is 0 Å². The number of Topliss-reactive ketones (excluding diaryl/α,β-unsaturated/α-hetero) is 1. The van der Waals surface area contributed by atoms with Crippen molar-refractivity contribution in [3.05, 3.63) is 29.3 Å². The number of benzene rings is 1. The smallest absolute Gasteiger partial charge is 0.230 e. The number of amides is 1. The van der Waals surface area contributed by atoms with E-state index in [9.17, 15) is 9.59 Å². The highest BCUT2D eigenvalue weighted by molar-refractivity contribution is 6.05. The van der Waals surface area contributed by atoms with Gasteiger partial charge in [-0.1, -0.05) is 13.0 Å². The number of ketones is 1. The topological polar surface area (TPSA) is 58.6 Å². The number of nitrogens with one attached hydrogen (secondary N) is 1. The number of aryl methyl sites for hydroxylation is 1. The van der Waals surface area contributed by atoms with E-state index in [-0.39, 0.29) is 17.1 Å². The summed E-state index contributed by atoms with van der Waals surface area (Å²) in [6.07, 6.45) is 8.56. The van der Waals surface area contributed by atoms with Crippen molar-refractivity contribution in [2.24, 2.45) is 23.2 Å². The molecule has 1 N–H and O–H groups in total. The van der Waals surface area contributed by atoms with Gasteiger partial charge in [0.2, 0.25) is 5.91 Å². The Kier molecular flexibility index (Phi) is 6.28. The van der Waals surface area contributed by atoms with Crippen LogP contribution < -0.4 is 10.1 Å². The molecule has 2 saturated carbocycles. The number of likely N-dealkylation sites (tertiary alicyclic amines) is 1. The number of hydrogen-bond donors (Lipinski definition) is 1. The lowest BCUT2D eigenvalue weighted by Crippen LogP contribution is -2.43. The fourth-order valence-corrected chi connectivity index (χ4v) is 7.65. The van der Waals surface area contributed by atoms with E-state index in [1.54, 1.807) is 7.05 Å². The average Bonchev–Trinajstić information content (AvgIpc) is 3.35. The van der Waals surface area contributed by atoms with Crippen molar-refractivity contribution in [2.75, 3.05) is 26.7 Å². The number of carbonyl (C=O) groups excluding carboxylic acids is 2. The fraction of sp³-hybridized carbons (Fsp3) is 0.714. The van der Waals surface area contributed by atoms with Crippen LogP contribution in [0.5, 0.6) is 5.75 Å². The lowest BCUT2D eigenvalue weighted by molar-refractivity contribution is -0.137. The van der Waals surface area contributed by atoms with Crippen LogP contribution in [0, 0.1) is 23.2 Å². The van der Waals surface area contributed by atoms with Gasteiger partial charge in [0.1, 0.15) is 5.75 Å². The molecule has 5 rings (SSSR count). The first-order valence-corrected chi connectivity index (χ1v) is 13.2. The largest absolute Gasteiger partial charge is 0.494 e. The summed E-state index contributed by atoms with van der Waals surface area (Å²) in [7, 11) is 1.65. The first-order chi connectivity index (χ1) is 15.9. The number of ether oxygens (including phenoxy) is 1. The second kappa shape index (κ2) is 9.05. The Morgan fingerprint density at radius 1 is 1.27 bits per heavy atom. The minimum atomic E-state index is -0.454. The van der Waals surface area contributed by atoms with Crippen LogP contribution in [-0.4, -0.2) is 49.4 Å². The van der Waals surface area contributed by atoms with E-state index in [2.05, 4.69) is 42.3 Å². The molecule has 1 aromatic carbocycles. The van der Waals surface area contributed by atoms with Crippen LogP contribution >= 0.6 is 0 Å². The third-order valence-corrected chi connectivity index (χ3v) is 9.57. The van der Waals surface area contributed by atoms with Crippen LogP contribution in [0.15, 0.2) is 18.2 Å². The van der Waals surface area contributed by atoms with Crippen molar-refractivity contribution < 1.29 is 14.3 Å². The quantitative estimate of drug-likeness (QED) is 0.515. The zero-order valence-electron chi connectivity index (χ0n) is 20.6. The summed E-state index contributed by atoms with van der Waals surface area (Å²) in [5, 5.41) is 2.72. The Morgan fingerprint density at radius 2 is 2.12 bits per heavy atom. The van der Waals surface area contributed by atoms with Gasteiger partial charge in [0.05, 0.1) is 12.5 Å². The molecule has 33 heavy (non-hydrogen) atoms. The molecule has 0 aromatic heterocycles. The lowest BCUT2D eigenvalue weighted by atomic mass is 9.55. The summed E-state index contributed by atoms with van der Waals surface area (Å²) < 4.78 is 6.14. The highest BCUT2D eigenvalue weighted by Crippen LogP contribution is 2.60. The molecule has 1 aliphatic heterocycles. The summed E-state index contributed by atoms with van der Waals surface area (Å²) in [6.45, 7) is 7.61. The molecule has 5 nitrogen and oxygen atoms in total. The molecule has 4 aliphatic rings. The van der Waals surface area contributed by atoms with Crippen molar-refractivity contribution in [3.63, 3.8) is 0 Å². The molecule has 6 atom stereocenters. The van der Waals surface area contributed by atoms with Gasteiger partial charge in [0.15, 0.2) is 5.78 Å². The van der Waals surface area contributed by atoms with Crippen LogP contribution in [0.1, 0.15) is 75.8 Å². The third kappa shape index (κ3) is 4.00. The summed E-state index contributed by atoms with van der Waals surface area (Å²) in [5.74, 6) is 1.97. The molecule has 5 heteroatoms. The average molecular weight is 453 g/mol. The van der Waals surface area contributed by atoms with Gasteiger partial charge in [-0.15, -0.1) is 0 Å². The summed E-state index contributed by atoms with van der Waals surface area (Å²) in [6, 6.07) is 7.44. The first-order valence-electron chi connectivity index (χ1n) is 13.2. The number of hydrogen-bond acceptors (Lipinski definition) is 4. The van der Waals surface area contributed by atoms with Crippen LogP contribution in [-0.2, 0) is 16.0 Å². The molecule has 6 unspecified atom stereocenters. The minimum Gasteiger partial charge on any atom is -0.494 e. The number of rotatable bonds is 6. The zero-order valence-corrected chi connectivity index (χ0v) is 20.6. The van der Waals surface area contributed by atoms with E-state index in [1.165, 1.54) is 30.5 Å². The standard InChI is InChI=1S/C28H40N2O3/c1-18-6-4-13-30(18)14-5-15-33-20-8-10-21-19(16-20)7-9-23-22(21)11-12-28(2)25(23)17-24(26(28)31)27(32)29-3/h8,10,16,18,22-25H,4-7,9,11-15,17H2,1-3H3,(H,29,32). The summed E-state index contributed by atoms with van der Waals surface area (Å²) in [5.41, 5.74) is 2.56. The molecule has 1 heterocycles. The van der Waals surface area contributed by atoms with Crippen LogP contribution in [0.3, 0.4) is 0 Å². The maximum atomic E-state index is 13.2. The molecule has 0 bridgehead atoms. The predicted octanol–water partition coefficient (Wildman–Crippen LogP) is 4.34. The molecule has 1 saturated heterocycles. The molecule has 3 fully saturated rings. The van der Waals surface area contributed by atoms with Crippen molar-refractivity contribution in [1.82, 2.24) is 10.2 Å². The van der Waals surface area contributed by atoms with E-state index in [0.717, 1.165) is 63.5 Å². The third-order valence-electron chi connectivity index (χ3n) is 9.57. The Labute approximate surface area is 198 Å². The zero-order chi connectivity index (χ0) is 23.2. The van der Waals surface area contributed by atoms with Gasteiger partial charge in [-0.05, 0) is 106 Å².